The molecule has 1 aromatic rings. The molecule has 142 valence electrons. The topological polar surface area (TPSA) is 49.7 Å². The van der Waals surface area contributed by atoms with Crippen molar-refractivity contribution in [3.8, 4) is 0 Å². The summed E-state index contributed by atoms with van der Waals surface area (Å²) in [7, 11) is -1.43. The van der Waals surface area contributed by atoms with Crippen molar-refractivity contribution in [3.63, 3.8) is 0 Å². The van der Waals surface area contributed by atoms with Crippen LogP contribution in [0.3, 0.4) is 0 Å². The summed E-state index contributed by atoms with van der Waals surface area (Å²) < 4.78 is 6.39. The summed E-state index contributed by atoms with van der Waals surface area (Å²) in [5, 5.41) is 18.8. The molecule has 2 rings (SSSR count). The molecule has 1 aromatic carbocycles. The monoisotopic (exact) mass is 356 g/mol. The van der Waals surface area contributed by atoms with Gasteiger partial charge in [-0.05, 0) is 35.4 Å². The quantitative estimate of drug-likeness (QED) is 0.600. The van der Waals surface area contributed by atoms with Gasteiger partial charge in [0.15, 0.2) is 0 Å². The Balaban J connectivity index is 1.96. The van der Waals surface area contributed by atoms with Gasteiger partial charge in [0.2, 0.25) is 0 Å². The molecule has 0 radical (unpaired) electrons. The average Bonchev–Trinajstić information content (AvgIpc) is 2.62. The highest BCUT2D eigenvalue weighted by atomic mass is 16.5. The number of benzene rings is 1. The van der Waals surface area contributed by atoms with Gasteiger partial charge in [-0.2, -0.15) is 0 Å². The molecular weight excluding hydrogens is 323 g/mol. The van der Waals surface area contributed by atoms with E-state index in [0.717, 1.165) is 17.9 Å². The molecule has 0 heterocycles. The maximum absolute atomic E-state index is 9.38. The molecule has 1 aliphatic rings. The second-order valence-electron chi connectivity index (χ2n) is 7.94. The molecule has 0 fully saturated rings. The lowest BCUT2D eigenvalue weighted by Gasteiger charge is -2.33. The van der Waals surface area contributed by atoms with E-state index in [2.05, 4.69) is 32.9 Å². The molecular formula is C22H33BO3. The first kappa shape index (κ1) is 21.0. The van der Waals surface area contributed by atoms with E-state index in [9.17, 15) is 10.0 Å². The van der Waals surface area contributed by atoms with Crippen molar-refractivity contribution in [2.45, 2.75) is 58.5 Å². The zero-order valence-electron chi connectivity index (χ0n) is 16.4. The minimum absolute atomic E-state index is 0.517. The van der Waals surface area contributed by atoms with Gasteiger partial charge < -0.3 is 14.8 Å². The Hall–Kier alpha value is -1.36. The van der Waals surface area contributed by atoms with E-state index < -0.39 is 12.7 Å². The molecule has 2 atom stereocenters. The Morgan fingerprint density at radius 3 is 2.38 bits per heavy atom. The number of hydrogen-bond acceptors (Lipinski definition) is 3. The molecule has 4 heteroatoms. The summed E-state index contributed by atoms with van der Waals surface area (Å²) >= 11 is 0. The zero-order valence-corrected chi connectivity index (χ0v) is 16.4. The highest BCUT2D eigenvalue weighted by molar-refractivity contribution is 6.51. The molecule has 0 spiro atoms. The van der Waals surface area contributed by atoms with Gasteiger partial charge in [-0.1, -0.05) is 82.5 Å². The van der Waals surface area contributed by atoms with Crippen LogP contribution in [-0.2, 0) is 10.3 Å². The van der Waals surface area contributed by atoms with Gasteiger partial charge in [-0.3, -0.25) is 0 Å². The van der Waals surface area contributed by atoms with Crippen LogP contribution in [0.5, 0.6) is 0 Å². The fraction of sp³-hybridized carbons (Fsp3) is 0.545. The van der Waals surface area contributed by atoms with Gasteiger partial charge in [0.25, 0.3) is 0 Å². The van der Waals surface area contributed by atoms with Crippen LogP contribution < -0.4 is 0 Å². The highest BCUT2D eigenvalue weighted by Gasteiger charge is 2.33. The lowest BCUT2D eigenvalue weighted by molar-refractivity contribution is -0.0173. The van der Waals surface area contributed by atoms with Crippen LogP contribution in [0, 0.1) is 11.8 Å². The van der Waals surface area contributed by atoms with Gasteiger partial charge in [0.1, 0.15) is 5.60 Å². The predicted octanol–water partition coefficient (Wildman–Crippen LogP) is 4.65. The van der Waals surface area contributed by atoms with Crippen LogP contribution >= 0.6 is 0 Å². The van der Waals surface area contributed by atoms with Gasteiger partial charge in [-0.15, -0.1) is 0 Å². The van der Waals surface area contributed by atoms with Gasteiger partial charge >= 0.3 is 7.12 Å². The van der Waals surface area contributed by atoms with Crippen molar-refractivity contribution < 1.29 is 14.8 Å². The summed E-state index contributed by atoms with van der Waals surface area (Å²) in [5.74, 6) is 1.43. The van der Waals surface area contributed by atoms with Gasteiger partial charge in [-0.25, -0.2) is 0 Å². The first-order chi connectivity index (χ1) is 12.4. The first-order valence-electron chi connectivity index (χ1n) is 9.88. The normalized spacial score (nSPS) is 20.9. The molecule has 1 aliphatic carbocycles. The Morgan fingerprint density at radius 2 is 1.81 bits per heavy atom. The number of ether oxygens (including phenoxy) is 1. The van der Waals surface area contributed by atoms with Crippen molar-refractivity contribution in [2.24, 2.45) is 11.8 Å². The third-order valence-electron chi connectivity index (χ3n) is 5.20. The summed E-state index contributed by atoms with van der Waals surface area (Å²) in [6.45, 7) is 7.55. The minimum Gasteiger partial charge on any atom is -0.423 e. The Kier molecular flexibility index (Phi) is 8.14. The SMILES string of the molecule is CC(C)CCCC(C)CCOC1(c2ccccc2)C=CC(B(O)O)=CC1. The first-order valence-corrected chi connectivity index (χ1v) is 9.88. The van der Waals surface area contributed by atoms with Crippen molar-refractivity contribution in [3.05, 3.63) is 59.6 Å². The average molecular weight is 356 g/mol. The zero-order chi connectivity index (χ0) is 19.0. The fourth-order valence-electron chi connectivity index (χ4n) is 3.41. The van der Waals surface area contributed by atoms with Crippen LogP contribution in [0.4, 0.5) is 0 Å². The van der Waals surface area contributed by atoms with E-state index in [1.165, 1.54) is 19.3 Å². The van der Waals surface area contributed by atoms with Crippen LogP contribution in [0.1, 0.15) is 58.4 Å². The molecule has 0 amide bonds. The summed E-state index contributed by atoms with van der Waals surface area (Å²) in [5.41, 5.74) is 1.12. The Labute approximate surface area is 158 Å². The fourth-order valence-corrected chi connectivity index (χ4v) is 3.41. The van der Waals surface area contributed by atoms with E-state index in [1.54, 1.807) is 6.08 Å². The Bertz CT molecular complexity index is 595. The minimum atomic E-state index is -1.43. The third-order valence-corrected chi connectivity index (χ3v) is 5.20. The lowest BCUT2D eigenvalue weighted by Crippen LogP contribution is -2.31. The molecule has 0 bridgehead atoms. The third kappa shape index (κ3) is 6.12. The summed E-state index contributed by atoms with van der Waals surface area (Å²) in [6.07, 6.45) is 11.1. The van der Waals surface area contributed by atoms with Crippen molar-refractivity contribution in [1.82, 2.24) is 0 Å². The number of allylic oxidation sites excluding steroid dienone is 2. The molecule has 0 saturated carbocycles. The molecule has 2 unspecified atom stereocenters. The van der Waals surface area contributed by atoms with Crippen molar-refractivity contribution in [1.29, 1.82) is 0 Å². The highest BCUT2D eigenvalue weighted by Crippen LogP contribution is 2.36. The largest absolute Gasteiger partial charge is 0.488 e. The van der Waals surface area contributed by atoms with Crippen molar-refractivity contribution in [2.75, 3.05) is 6.61 Å². The molecule has 26 heavy (non-hydrogen) atoms. The van der Waals surface area contributed by atoms with E-state index in [4.69, 9.17) is 4.74 Å². The molecule has 2 N–H and O–H groups in total. The smallest absolute Gasteiger partial charge is 0.423 e. The van der Waals surface area contributed by atoms with E-state index in [-0.39, 0.29) is 0 Å². The maximum atomic E-state index is 9.38. The second-order valence-corrected chi connectivity index (χ2v) is 7.94. The van der Waals surface area contributed by atoms with E-state index in [1.807, 2.05) is 30.4 Å². The molecule has 0 saturated heterocycles. The summed E-state index contributed by atoms with van der Waals surface area (Å²) in [4.78, 5) is 0. The number of rotatable bonds is 10. The van der Waals surface area contributed by atoms with Crippen LogP contribution in [-0.4, -0.2) is 23.8 Å². The predicted molar refractivity (Wildman–Crippen MR) is 109 cm³/mol. The number of hydrogen-bond donors (Lipinski definition) is 2. The van der Waals surface area contributed by atoms with Crippen LogP contribution in [0.2, 0.25) is 0 Å². The summed E-state index contributed by atoms with van der Waals surface area (Å²) in [6, 6.07) is 10.2. The second kappa shape index (κ2) is 10.1. The maximum Gasteiger partial charge on any atom is 0.488 e. The van der Waals surface area contributed by atoms with Gasteiger partial charge in [0.05, 0.1) is 0 Å². The lowest BCUT2D eigenvalue weighted by atomic mass is 9.73. The van der Waals surface area contributed by atoms with Crippen LogP contribution in [0.25, 0.3) is 0 Å². The molecule has 0 aromatic heterocycles. The molecule has 3 nitrogen and oxygen atoms in total. The van der Waals surface area contributed by atoms with Crippen LogP contribution in [0.15, 0.2) is 54.0 Å². The van der Waals surface area contributed by atoms with Gasteiger partial charge in [0, 0.05) is 13.0 Å². The van der Waals surface area contributed by atoms with Crippen molar-refractivity contribution >= 4 is 7.12 Å². The Morgan fingerprint density at radius 1 is 1.08 bits per heavy atom. The van der Waals surface area contributed by atoms with E-state index in [0.29, 0.717) is 24.4 Å². The molecule has 0 aliphatic heterocycles. The standard InChI is InChI=1S/C22H33BO3/c1-18(2)8-7-9-19(3)14-17-26-22(20-10-5-4-6-11-20)15-12-21(13-16-22)23(24)25/h4-6,10-13,15,18-19,24-25H,7-9,14,16-17H2,1-3H3. The van der Waals surface area contributed by atoms with E-state index >= 15 is 0 Å².